The van der Waals surface area contributed by atoms with Crippen LogP contribution < -0.4 is 4.90 Å². The Morgan fingerprint density at radius 3 is 2.46 bits per heavy atom. The van der Waals surface area contributed by atoms with Gasteiger partial charge in [-0.3, -0.25) is 0 Å². The van der Waals surface area contributed by atoms with Crippen LogP contribution in [0.25, 0.3) is 5.65 Å². The smallest absolute Gasteiger partial charge is 0.421 e. The fraction of sp³-hybridized carbons (Fsp3) is 0.560. The summed E-state index contributed by atoms with van der Waals surface area (Å²) in [4.78, 5) is 34.5. The van der Waals surface area contributed by atoms with Crippen molar-refractivity contribution in [2.45, 2.75) is 78.4 Å². The predicted molar refractivity (Wildman–Crippen MR) is 151 cm³/mol. The molecule has 1 saturated heterocycles. The van der Waals surface area contributed by atoms with Gasteiger partial charge >= 0.3 is 12.2 Å². The monoisotopic (exact) mass is 640 g/mol. The molecule has 0 saturated carbocycles. The number of nitrogens with zero attached hydrogens (tertiary/aromatic N) is 6. The third-order valence-corrected chi connectivity index (χ3v) is 7.19. The molecule has 0 aromatic carbocycles. The van der Waals surface area contributed by atoms with E-state index in [1.165, 1.54) is 16.4 Å². The van der Waals surface area contributed by atoms with Crippen LogP contribution in [0.1, 0.15) is 71.7 Å². The van der Waals surface area contributed by atoms with Crippen LogP contribution >= 0.6 is 34.1 Å². The van der Waals surface area contributed by atoms with E-state index in [4.69, 9.17) is 14.5 Å². The lowest BCUT2D eigenvalue weighted by atomic mass is 9.94. The van der Waals surface area contributed by atoms with Gasteiger partial charge in [-0.05, 0) is 101 Å². The molecule has 1 aliphatic rings. The van der Waals surface area contributed by atoms with Crippen molar-refractivity contribution in [3.8, 4) is 0 Å². The summed E-state index contributed by atoms with van der Waals surface area (Å²) in [5.41, 5.74) is 0.957. The van der Waals surface area contributed by atoms with Crippen molar-refractivity contribution in [2.24, 2.45) is 0 Å². The van der Waals surface area contributed by atoms with E-state index >= 15 is 0 Å². The number of aryl methyl sites for hydroxylation is 1. The number of anilines is 2. The molecule has 1 fully saturated rings. The van der Waals surface area contributed by atoms with Gasteiger partial charge in [0.25, 0.3) is 0 Å². The summed E-state index contributed by atoms with van der Waals surface area (Å²) in [5.74, 6) is 0.481. The number of ether oxygens (including phenoxy) is 2. The summed E-state index contributed by atoms with van der Waals surface area (Å²) in [7, 11) is 0. The van der Waals surface area contributed by atoms with Crippen LogP contribution in [-0.4, -0.2) is 60.3 Å². The first kappa shape index (κ1) is 27.6. The van der Waals surface area contributed by atoms with Crippen molar-refractivity contribution < 1.29 is 19.1 Å². The topological polar surface area (TPSA) is 102 Å². The number of fused-ring (bicyclic) bond motifs is 1. The van der Waals surface area contributed by atoms with Crippen molar-refractivity contribution >= 4 is 62.8 Å². The van der Waals surface area contributed by atoms with Gasteiger partial charge in [-0.25, -0.2) is 19.5 Å². The molecule has 0 N–H and O–H groups in total. The number of carbonyl (C=O) groups is 2. The highest BCUT2D eigenvalue weighted by molar-refractivity contribution is 14.1. The van der Waals surface area contributed by atoms with Crippen molar-refractivity contribution in [3.63, 3.8) is 0 Å². The number of aromatic nitrogens is 4. The Hall–Kier alpha value is -2.48. The molecule has 0 radical (unpaired) electrons. The minimum absolute atomic E-state index is 0.0283. The summed E-state index contributed by atoms with van der Waals surface area (Å²) < 4.78 is 18.3. The molecule has 2 amide bonds. The molecule has 0 spiro atoms. The number of hydrogen-bond acceptors (Lipinski definition) is 8. The molecular weight excluding hydrogens is 607 g/mol. The Kier molecular flexibility index (Phi) is 7.71. The average Bonchev–Trinajstić information content (AvgIpc) is 3.37. The molecule has 1 unspecified atom stereocenters. The fourth-order valence-electron chi connectivity index (χ4n) is 4.08. The minimum atomic E-state index is -0.695. The zero-order valence-electron chi connectivity index (χ0n) is 22.2. The molecule has 0 bridgehead atoms. The van der Waals surface area contributed by atoms with E-state index in [-0.39, 0.29) is 12.0 Å². The van der Waals surface area contributed by atoms with Gasteiger partial charge < -0.3 is 14.4 Å². The van der Waals surface area contributed by atoms with Gasteiger partial charge in [0.2, 0.25) is 0 Å². The maximum absolute atomic E-state index is 13.5. The maximum Gasteiger partial charge on any atom is 0.421 e. The Bertz CT molecular complexity index is 1310. The number of piperidine rings is 1. The summed E-state index contributed by atoms with van der Waals surface area (Å²) in [6.07, 6.45) is 2.55. The molecule has 0 aliphatic carbocycles. The average molecular weight is 641 g/mol. The van der Waals surface area contributed by atoms with E-state index in [0.717, 1.165) is 27.8 Å². The van der Waals surface area contributed by atoms with E-state index in [1.54, 1.807) is 15.6 Å². The van der Waals surface area contributed by atoms with E-state index in [0.29, 0.717) is 29.6 Å². The second-order valence-electron chi connectivity index (χ2n) is 11.2. The lowest BCUT2D eigenvalue weighted by Gasteiger charge is -2.34. The molecule has 4 rings (SSSR count). The molecular formula is C25H33IN6O4S. The highest BCUT2D eigenvalue weighted by Gasteiger charge is 2.33. The zero-order chi connectivity index (χ0) is 27.1. The van der Waals surface area contributed by atoms with Gasteiger partial charge in [0.05, 0.1) is 21.2 Å². The maximum atomic E-state index is 13.5. The first-order chi connectivity index (χ1) is 17.2. The minimum Gasteiger partial charge on any atom is -0.444 e. The standard InChI is InChI=1S/C25H33IN6O4S/c1-15-11-20(37-29-15)31(23(34)36-25(5,6)7)19-12-18(28-21-17(26)13-27-32(19)21)16-9-8-10-30(14-16)22(33)35-24(2,3)4/h11-13,16H,8-10,14H2,1-7H3. The molecule has 200 valence electrons. The number of carbonyl (C=O) groups excluding carboxylic acids is 2. The van der Waals surface area contributed by atoms with Gasteiger partial charge in [-0.1, -0.05) is 0 Å². The number of halogens is 1. The number of rotatable bonds is 3. The van der Waals surface area contributed by atoms with Crippen LogP contribution in [0, 0.1) is 10.5 Å². The quantitative estimate of drug-likeness (QED) is 0.311. The molecule has 10 nitrogen and oxygen atoms in total. The first-order valence-corrected chi connectivity index (χ1v) is 14.1. The van der Waals surface area contributed by atoms with Gasteiger partial charge in [0.15, 0.2) is 5.65 Å². The van der Waals surface area contributed by atoms with Crippen molar-refractivity contribution in [2.75, 3.05) is 18.0 Å². The van der Waals surface area contributed by atoms with Crippen molar-refractivity contribution in [1.29, 1.82) is 0 Å². The summed E-state index contributed by atoms with van der Waals surface area (Å²) in [6.45, 7) is 14.1. The van der Waals surface area contributed by atoms with E-state index in [2.05, 4.69) is 32.1 Å². The van der Waals surface area contributed by atoms with Crippen LogP contribution in [0.15, 0.2) is 18.3 Å². The number of amides is 2. The third-order valence-electron chi connectivity index (χ3n) is 5.56. The second kappa shape index (κ2) is 10.4. The van der Waals surface area contributed by atoms with Gasteiger partial charge in [-0.2, -0.15) is 14.0 Å². The molecule has 37 heavy (non-hydrogen) atoms. The highest BCUT2D eigenvalue weighted by atomic mass is 127. The van der Waals surface area contributed by atoms with Crippen LogP contribution in [-0.2, 0) is 9.47 Å². The fourth-order valence-corrected chi connectivity index (χ4v) is 5.31. The molecule has 12 heteroatoms. The zero-order valence-corrected chi connectivity index (χ0v) is 25.2. The molecule has 1 aliphatic heterocycles. The Morgan fingerprint density at radius 1 is 1.14 bits per heavy atom. The summed E-state index contributed by atoms with van der Waals surface area (Å²) in [5, 5.41) is 5.14. The van der Waals surface area contributed by atoms with Crippen LogP contribution in [0.5, 0.6) is 0 Å². The molecule has 4 heterocycles. The number of likely N-dealkylation sites (tertiary alicyclic amines) is 1. The number of hydrogen-bond donors (Lipinski definition) is 0. The van der Waals surface area contributed by atoms with Crippen LogP contribution in [0.4, 0.5) is 20.4 Å². The molecule has 3 aromatic rings. The Balaban J connectivity index is 1.78. The van der Waals surface area contributed by atoms with E-state index in [9.17, 15) is 9.59 Å². The third kappa shape index (κ3) is 6.51. The summed E-state index contributed by atoms with van der Waals surface area (Å²) in [6, 6.07) is 3.72. The molecule has 1 atom stereocenters. The van der Waals surface area contributed by atoms with Gasteiger partial charge in [0, 0.05) is 25.1 Å². The Labute approximate surface area is 234 Å². The predicted octanol–water partition coefficient (Wildman–Crippen LogP) is 6.29. The normalized spacial score (nSPS) is 16.6. The van der Waals surface area contributed by atoms with Crippen LogP contribution in [0.3, 0.4) is 0 Å². The summed E-state index contributed by atoms with van der Waals surface area (Å²) >= 11 is 3.41. The van der Waals surface area contributed by atoms with Crippen molar-refractivity contribution in [3.05, 3.63) is 33.3 Å². The van der Waals surface area contributed by atoms with E-state index < -0.39 is 17.3 Å². The second-order valence-corrected chi connectivity index (χ2v) is 13.1. The SMILES string of the molecule is Cc1cc(N(C(=O)OC(C)(C)C)c2cc(C3CCCN(C(=O)OC(C)(C)C)C3)nc3c(I)cnn23)sn1. The molecule has 3 aromatic heterocycles. The van der Waals surface area contributed by atoms with Gasteiger partial charge in [-0.15, -0.1) is 0 Å². The van der Waals surface area contributed by atoms with Gasteiger partial charge in [0.1, 0.15) is 22.0 Å². The lowest BCUT2D eigenvalue weighted by Crippen LogP contribution is -2.42. The largest absolute Gasteiger partial charge is 0.444 e. The Morgan fingerprint density at radius 2 is 1.84 bits per heavy atom. The van der Waals surface area contributed by atoms with Crippen molar-refractivity contribution in [1.82, 2.24) is 23.9 Å². The van der Waals surface area contributed by atoms with E-state index in [1.807, 2.05) is 60.6 Å². The first-order valence-electron chi connectivity index (χ1n) is 12.2. The van der Waals surface area contributed by atoms with Crippen LogP contribution in [0.2, 0.25) is 0 Å². The lowest BCUT2D eigenvalue weighted by molar-refractivity contribution is 0.0197. The highest BCUT2D eigenvalue weighted by Crippen LogP contribution is 2.35.